The Morgan fingerprint density at radius 2 is 1.66 bits per heavy atom. The summed E-state index contributed by atoms with van der Waals surface area (Å²) in [5.41, 5.74) is -0.170. The predicted octanol–water partition coefficient (Wildman–Crippen LogP) is 4.12. The maximum atomic E-state index is 13.4. The molecule has 1 aliphatic rings. The van der Waals surface area contributed by atoms with E-state index in [4.69, 9.17) is 14.2 Å². The molecule has 2 amide bonds. The zero-order valence-corrected chi connectivity index (χ0v) is 20.3. The predicted molar refractivity (Wildman–Crippen MR) is 126 cm³/mol. The van der Waals surface area contributed by atoms with Crippen LogP contribution in [0.2, 0.25) is 0 Å². The van der Waals surface area contributed by atoms with Gasteiger partial charge in [0.1, 0.15) is 11.4 Å². The molecule has 0 unspecified atom stereocenters. The van der Waals surface area contributed by atoms with Gasteiger partial charge < -0.3 is 24.4 Å². The third-order valence-electron chi connectivity index (χ3n) is 5.31. The highest BCUT2D eigenvalue weighted by Gasteiger charge is 2.40. The van der Waals surface area contributed by atoms with Crippen LogP contribution in [-0.2, 0) is 19.1 Å². The third kappa shape index (κ3) is 8.10. The third-order valence-corrected chi connectivity index (χ3v) is 5.31. The van der Waals surface area contributed by atoms with E-state index in [1.165, 1.54) is 0 Å². The first-order chi connectivity index (χ1) is 15.3. The minimum atomic E-state index is -0.849. The van der Waals surface area contributed by atoms with Crippen LogP contribution < -0.4 is 10.1 Å². The quantitative estimate of drug-likeness (QED) is 0.520. The fourth-order valence-corrected chi connectivity index (χ4v) is 4.00. The summed E-state index contributed by atoms with van der Waals surface area (Å²) in [5, 5.41) is 3.04. The maximum absolute atomic E-state index is 13.4. The molecule has 0 aliphatic carbocycles. The summed E-state index contributed by atoms with van der Waals surface area (Å²) >= 11 is 0. The van der Waals surface area contributed by atoms with Gasteiger partial charge >= 0.3 is 0 Å². The molecule has 0 spiro atoms. The van der Waals surface area contributed by atoms with Crippen molar-refractivity contribution in [2.24, 2.45) is 11.8 Å². The average Bonchev–Trinajstić information content (AvgIpc) is 2.76. The highest BCUT2D eigenvalue weighted by molar-refractivity contribution is 5.97. The lowest BCUT2D eigenvalue weighted by molar-refractivity contribution is -0.147. The van der Waals surface area contributed by atoms with Gasteiger partial charge in [0, 0.05) is 25.4 Å². The molecule has 1 N–H and O–H groups in total. The Hall–Kier alpha value is -2.12. The summed E-state index contributed by atoms with van der Waals surface area (Å²) in [5.74, 6) is 1.09. The Morgan fingerprint density at radius 3 is 2.19 bits per heavy atom. The van der Waals surface area contributed by atoms with Crippen LogP contribution >= 0.6 is 0 Å². The number of carbonyl (C=O) groups excluding carboxylic acids is 2. The topological polar surface area (TPSA) is 77.1 Å². The zero-order valence-electron chi connectivity index (χ0n) is 20.3. The van der Waals surface area contributed by atoms with E-state index in [-0.39, 0.29) is 18.4 Å². The molecule has 2 rings (SSSR count). The molecule has 1 heterocycles. The molecule has 0 saturated carbocycles. The van der Waals surface area contributed by atoms with E-state index < -0.39 is 5.60 Å². The summed E-state index contributed by atoms with van der Waals surface area (Å²) in [6.07, 6.45) is 2.20. The first-order valence-corrected chi connectivity index (χ1v) is 11.8. The van der Waals surface area contributed by atoms with Crippen molar-refractivity contribution in [3.63, 3.8) is 0 Å². The first-order valence-electron chi connectivity index (χ1n) is 11.8. The number of ether oxygens (including phenoxy) is 3. The van der Waals surface area contributed by atoms with Crippen LogP contribution in [0.3, 0.4) is 0 Å². The van der Waals surface area contributed by atoms with Crippen molar-refractivity contribution in [2.45, 2.75) is 59.5 Å². The minimum absolute atomic E-state index is 0.0115. The van der Waals surface area contributed by atoms with Crippen molar-refractivity contribution >= 4 is 17.5 Å². The molecule has 0 bridgehead atoms. The Morgan fingerprint density at radius 1 is 1.06 bits per heavy atom. The largest absolute Gasteiger partial charge is 0.484 e. The normalized spacial score (nSPS) is 14.7. The smallest absolute Gasteiger partial charge is 0.260 e. The SMILES string of the molecule is CCCOC(CC(C)C)(CC(C)C)C(=O)Nc1ccc(OCC(=O)N2CCOCC2)cc1. The maximum Gasteiger partial charge on any atom is 0.260 e. The molecular formula is C25H40N2O5. The van der Waals surface area contributed by atoms with Gasteiger partial charge in [-0.2, -0.15) is 0 Å². The molecule has 0 aromatic heterocycles. The van der Waals surface area contributed by atoms with E-state index in [1.54, 1.807) is 29.2 Å². The van der Waals surface area contributed by atoms with E-state index in [2.05, 4.69) is 39.9 Å². The number of rotatable bonds is 12. The second-order valence-electron chi connectivity index (χ2n) is 9.30. The summed E-state index contributed by atoms with van der Waals surface area (Å²) in [6.45, 7) is 13.4. The number of carbonyl (C=O) groups is 2. The number of hydrogen-bond acceptors (Lipinski definition) is 5. The number of nitrogens with zero attached hydrogens (tertiary/aromatic N) is 1. The van der Waals surface area contributed by atoms with Crippen LogP contribution in [0.25, 0.3) is 0 Å². The molecular weight excluding hydrogens is 408 g/mol. The van der Waals surface area contributed by atoms with Gasteiger partial charge in [-0.05, 0) is 55.4 Å². The zero-order chi connectivity index (χ0) is 23.6. The van der Waals surface area contributed by atoms with Crippen molar-refractivity contribution in [1.29, 1.82) is 0 Å². The molecule has 180 valence electrons. The number of morpholine rings is 1. The van der Waals surface area contributed by atoms with Gasteiger partial charge in [-0.25, -0.2) is 0 Å². The lowest BCUT2D eigenvalue weighted by atomic mass is 9.83. The van der Waals surface area contributed by atoms with Crippen molar-refractivity contribution < 1.29 is 23.8 Å². The number of nitrogens with one attached hydrogen (secondary N) is 1. The highest BCUT2D eigenvalue weighted by Crippen LogP contribution is 2.31. The molecule has 1 aromatic rings. The second-order valence-corrected chi connectivity index (χ2v) is 9.30. The van der Waals surface area contributed by atoms with Gasteiger partial charge in [0.05, 0.1) is 13.2 Å². The molecule has 1 saturated heterocycles. The lowest BCUT2D eigenvalue weighted by Gasteiger charge is -2.35. The molecule has 1 fully saturated rings. The molecule has 7 nitrogen and oxygen atoms in total. The van der Waals surface area contributed by atoms with Crippen molar-refractivity contribution in [2.75, 3.05) is 44.8 Å². The van der Waals surface area contributed by atoms with Crippen LogP contribution in [0.1, 0.15) is 53.9 Å². The second kappa shape index (κ2) is 12.8. The van der Waals surface area contributed by atoms with Gasteiger partial charge in [0.2, 0.25) is 0 Å². The fourth-order valence-electron chi connectivity index (χ4n) is 4.00. The first kappa shape index (κ1) is 26.1. The van der Waals surface area contributed by atoms with E-state index in [0.29, 0.717) is 69.0 Å². The van der Waals surface area contributed by atoms with Gasteiger partial charge in [0.15, 0.2) is 6.61 Å². The molecule has 7 heteroatoms. The standard InChI is InChI=1S/C25H40N2O5/c1-6-13-32-25(16-19(2)3,17-20(4)5)24(29)26-21-7-9-22(10-8-21)31-18-23(28)27-11-14-30-15-12-27/h7-10,19-20H,6,11-18H2,1-5H3,(H,26,29). The number of benzene rings is 1. The number of amides is 2. The molecule has 0 radical (unpaired) electrons. The molecule has 1 aliphatic heterocycles. The summed E-state index contributed by atoms with van der Waals surface area (Å²) in [4.78, 5) is 27.3. The van der Waals surface area contributed by atoms with Crippen LogP contribution in [0.4, 0.5) is 5.69 Å². The highest BCUT2D eigenvalue weighted by atomic mass is 16.5. The number of hydrogen-bond donors (Lipinski definition) is 1. The van der Waals surface area contributed by atoms with Crippen LogP contribution in [-0.4, -0.2) is 61.8 Å². The molecule has 1 aromatic carbocycles. The van der Waals surface area contributed by atoms with E-state index in [9.17, 15) is 9.59 Å². The van der Waals surface area contributed by atoms with E-state index in [1.807, 2.05) is 0 Å². The Labute approximate surface area is 192 Å². The average molecular weight is 449 g/mol. The van der Waals surface area contributed by atoms with Gasteiger partial charge in [-0.1, -0.05) is 34.6 Å². The van der Waals surface area contributed by atoms with Gasteiger partial charge in [0.25, 0.3) is 11.8 Å². The van der Waals surface area contributed by atoms with E-state index >= 15 is 0 Å². The minimum Gasteiger partial charge on any atom is -0.484 e. The lowest BCUT2D eigenvalue weighted by Crippen LogP contribution is -2.47. The Bertz CT molecular complexity index is 702. The Balaban J connectivity index is 2.00. The van der Waals surface area contributed by atoms with E-state index in [0.717, 1.165) is 6.42 Å². The van der Waals surface area contributed by atoms with Crippen LogP contribution in [0, 0.1) is 11.8 Å². The summed E-state index contributed by atoms with van der Waals surface area (Å²) in [7, 11) is 0. The summed E-state index contributed by atoms with van der Waals surface area (Å²) < 4.78 is 17.1. The molecule has 32 heavy (non-hydrogen) atoms. The summed E-state index contributed by atoms with van der Waals surface area (Å²) in [6, 6.07) is 7.12. The monoisotopic (exact) mass is 448 g/mol. The van der Waals surface area contributed by atoms with Crippen molar-refractivity contribution in [3.8, 4) is 5.75 Å². The van der Waals surface area contributed by atoms with Crippen LogP contribution in [0.5, 0.6) is 5.75 Å². The van der Waals surface area contributed by atoms with Gasteiger partial charge in [-0.3, -0.25) is 9.59 Å². The van der Waals surface area contributed by atoms with Crippen molar-refractivity contribution in [1.82, 2.24) is 4.90 Å². The Kier molecular flexibility index (Phi) is 10.5. The van der Waals surface area contributed by atoms with Gasteiger partial charge in [-0.15, -0.1) is 0 Å². The van der Waals surface area contributed by atoms with Crippen molar-refractivity contribution in [3.05, 3.63) is 24.3 Å². The fraction of sp³-hybridized carbons (Fsp3) is 0.680. The van der Waals surface area contributed by atoms with Crippen LogP contribution in [0.15, 0.2) is 24.3 Å². The molecule has 0 atom stereocenters. The number of anilines is 1.